The van der Waals surface area contributed by atoms with Crippen molar-refractivity contribution >= 4 is 17.9 Å². The summed E-state index contributed by atoms with van der Waals surface area (Å²) in [5.74, 6) is -0.783. The molecule has 0 unspecified atom stereocenters. The first kappa shape index (κ1) is 19.4. The average molecular weight is 327 g/mol. The number of piperidine rings is 1. The van der Waals surface area contributed by atoms with Crippen LogP contribution in [0.2, 0.25) is 0 Å². The summed E-state index contributed by atoms with van der Waals surface area (Å²) in [6, 6.07) is -0.980. The zero-order valence-electron chi connectivity index (χ0n) is 14.8. The summed E-state index contributed by atoms with van der Waals surface area (Å²) in [5.41, 5.74) is -0.409. The van der Waals surface area contributed by atoms with Crippen molar-refractivity contribution in [2.45, 2.75) is 59.0 Å². The molecule has 7 heteroatoms. The van der Waals surface area contributed by atoms with Crippen LogP contribution in [0.15, 0.2) is 0 Å². The normalized spacial score (nSPS) is 20.5. The van der Waals surface area contributed by atoms with E-state index in [-0.39, 0.29) is 17.8 Å². The lowest BCUT2D eigenvalue weighted by Gasteiger charge is -2.35. The van der Waals surface area contributed by atoms with Gasteiger partial charge in [0.2, 0.25) is 5.91 Å². The third-order valence-corrected chi connectivity index (χ3v) is 3.73. The minimum atomic E-state index is -0.506. The van der Waals surface area contributed by atoms with E-state index in [0.717, 1.165) is 19.4 Å². The van der Waals surface area contributed by atoms with Gasteiger partial charge < -0.3 is 10.1 Å². The minimum absolute atomic E-state index is 0.206. The molecular formula is C16H29N3O4. The van der Waals surface area contributed by atoms with Crippen molar-refractivity contribution in [3.8, 4) is 0 Å². The van der Waals surface area contributed by atoms with E-state index >= 15 is 0 Å². The van der Waals surface area contributed by atoms with Gasteiger partial charge in [0.05, 0.1) is 18.6 Å². The molecule has 1 saturated heterocycles. The number of nitrogens with one attached hydrogen (secondary N) is 2. The molecule has 0 aromatic rings. The highest BCUT2D eigenvalue weighted by atomic mass is 16.5. The van der Waals surface area contributed by atoms with Gasteiger partial charge in [0.1, 0.15) is 0 Å². The number of carbonyl (C=O) groups is 3. The van der Waals surface area contributed by atoms with Crippen LogP contribution in [-0.2, 0) is 14.3 Å². The first-order valence-corrected chi connectivity index (χ1v) is 8.17. The summed E-state index contributed by atoms with van der Waals surface area (Å²) >= 11 is 0. The molecule has 2 atom stereocenters. The zero-order chi connectivity index (χ0) is 17.6. The van der Waals surface area contributed by atoms with E-state index in [1.54, 1.807) is 13.8 Å². The highest BCUT2D eigenvalue weighted by molar-refractivity contribution is 5.97. The number of esters is 1. The molecule has 2 N–H and O–H groups in total. The van der Waals surface area contributed by atoms with Gasteiger partial charge in [0, 0.05) is 12.1 Å². The number of urea groups is 1. The van der Waals surface area contributed by atoms with Gasteiger partial charge in [-0.2, -0.15) is 0 Å². The third-order valence-electron chi connectivity index (χ3n) is 3.73. The topological polar surface area (TPSA) is 87.7 Å². The lowest BCUT2D eigenvalue weighted by Crippen LogP contribution is -2.55. The SMILES string of the molecule is CCOC(=O)[C@H]1CCCN([C@@H](C)C(=O)NC(=O)NC(C)(C)C)C1. The fourth-order valence-electron chi connectivity index (χ4n) is 2.56. The van der Waals surface area contributed by atoms with Crippen molar-refractivity contribution in [1.29, 1.82) is 0 Å². The van der Waals surface area contributed by atoms with Gasteiger partial charge in [-0.25, -0.2) is 4.79 Å². The molecule has 1 fully saturated rings. The third kappa shape index (κ3) is 6.56. The lowest BCUT2D eigenvalue weighted by atomic mass is 9.97. The maximum Gasteiger partial charge on any atom is 0.321 e. The Kier molecular flexibility index (Phi) is 7.00. The van der Waals surface area contributed by atoms with Gasteiger partial charge in [-0.1, -0.05) is 0 Å². The summed E-state index contributed by atoms with van der Waals surface area (Å²) in [6.45, 7) is 10.6. The van der Waals surface area contributed by atoms with Gasteiger partial charge in [-0.3, -0.25) is 19.8 Å². The predicted molar refractivity (Wildman–Crippen MR) is 86.8 cm³/mol. The van der Waals surface area contributed by atoms with E-state index in [4.69, 9.17) is 4.74 Å². The Morgan fingerprint density at radius 2 is 1.96 bits per heavy atom. The molecule has 0 aromatic heterocycles. The van der Waals surface area contributed by atoms with Crippen LogP contribution in [0.1, 0.15) is 47.5 Å². The van der Waals surface area contributed by atoms with E-state index in [0.29, 0.717) is 13.2 Å². The molecule has 0 bridgehead atoms. The summed E-state index contributed by atoms with van der Waals surface area (Å²) < 4.78 is 5.06. The van der Waals surface area contributed by atoms with Crippen molar-refractivity contribution in [3.05, 3.63) is 0 Å². The Morgan fingerprint density at radius 1 is 1.30 bits per heavy atom. The van der Waals surface area contributed by atoms with Crippen LogP contribution in [-0.4, -0.2) is 54.1 Å². The maximum atomic E-state index is 12.2. The largest absolute Gasteiger partial charge is 0.466 e. The standard InChI is InChI=1S/C16H29N3O4/c1-6-23-14(21)12-8-7-9-19(10-12)11(2)13(20)17-15(22)18-16(3,4)5/h11-12H,6-10H2,1-5H3,(H2,17,18,20,22)/t11-,12-/m0/s1. The van der Waals surface area contributed by atoms with E-state index in [9.17, 15) is 14.4 Å². The highest BCUT2D eigenvalue weighted by Crippen LogP contribution is 2.20. The summed E-state index contributed by atoms with van der Waals surface area (Å²) in [6.07, 6.45) is 1.60. The van der Waals surface area contributed by atoms with Crippen LogP contribution >= 0.6 is 0 Å². The second-order valence-electron chi connectivity index (χ2n) is 6.96. The lowest BCUT2D eigenvalue weighted by molar-refractivity contribution is -0.151. The fraction of sp³-hybridized carbons (Fsp3) is 0.812. The predicted octanol–water partition coefficient (Wildman–Crippen LogP) is 1.27. The van der Waals surface area contributed by atoms with E-state index in [1.165, 1.54) is 0 Å². The number of amides is 3. The zero-order valence-corrected chi connectivity index (χ0v) is 14.8. The molecule has 23 heavy (non-hydrogen) atoms. The molecule has 7 nitrogen and oxygen atoms in total. The van der Waals surface area contributed by atoms with Gasteiger partial charge in [-0.15, -0.1) is 0 Å². The van der Waals surface area contributed by atoms with Crippen LogP contribution in [0, 0.1) is 5.92 Å². The second kappa shape index (κ2) is 8.29. The summed E-state index contributed by atoms with van der Waals surface area (Å²) in [7, 11) is 0. The van der Waals surface area contributed by atoms with E-state index in [2.05, 4.69) is 10.6 Å². The molecule has 0 aliphatic carbocycles. The molecule has 1 heterocycles. The molecule has 0 radical (unpaired) electrons. The van der Waals surface area contributed by atoms with Crippen LogP contribution in [0.4, 0.5) is 4.79 Å². The Balaban J connectivity index is 2.55. The monoisotopic (exact) mass is 327 g/mol. The molecule has 1 rings (SSSR count). The van der Waals surface area contributed by atoms with Gasteiger partial charge in [-0.05, 0) is 54.0 Å². The first-order valence-electron chi connectivity index (χ1n) is 8.17. The number of rotatable bonds is 4. The van der Waals surface area contributed by atoms with Gasteiger partial charge >= 0.3 is 12.0 Å². The first-order chi connectivity index (χ1) is 10.6. The van der Waals surface area contributed by atoms with Crippen LogP contribution in [0.3, 0.4) is 0 Å². The molecule has 0 aromatic carbocycles. The van der Waals surface area contributed by atoms with Crippen LogP contribution in [0.5, 0.6) is 0 Å². The number of likely N-dealkylation sites (tertiary alicyclic amines) is 1. The number of imide groups is 1. The smallest absolute Gasteiger partial charge is 0.321 e. The summed E-state index contributed by atoms with van der Waals surface area (Å²) in [5, 5.41) is 5.04. The van der Waals surface area contributed by atoms with Crippen molar-refractivity contribution in [1.82, 2.24) is 15.5 Å². The number of hydrogen-bond acceptors (Lipinski definition) is 5. The van der Waals surface area contributed by atoms with Crippen LogP contribution in [0.25, 0.3) is 0 Å². The minimum Gasteiger partial charge on any atom is -0.466 e. The quantitative estimate of drug-likeness (QED) is 0.759. The van der Waals surface area contributed by atoms with Crippen molar-refractivity contribution in [2.24, 2.45) is 5.92 Å². The Bertz CT molecular complexity index is 445. The van der Waals surface area contributed by atoms with Crippen molar-refractivity contribution in [2.75, 3.05) is 19.7 Å². The van der Waals surface area contributed by atoms with Crippen molar-refractivity contribution in [3.63, 3.8) is 0 Å². The Labute approximate surface area is 138 Å². The summed E-state index contributed by atoms with van der Waals surface area (Å²) in [4.78, 5) is 37.8. The molecule has 3 amide bonds. The molecule has 1 aliphatic heterocycles. The fourth-order valence-corrected chi connectivity index (χ4v) is 2.56. The molecule has 1 aliphatic rings. The van der Waals surface area contributed by atoms with Gasteiger partial charge in [0.25, 0.3) is 0 Å². The maximum absolute atomic E-state index is 12.2. The van der Waals surface area contributed by atoms with Gasteiger partial charge in [0.15, 0.2) is 0 Å². The number of nitrogens with zero attached hydrogens (tertiary/aromatic N) is 1. The molecular weight excluding hydrogens is 298 g/mol. The second-order valence-corrected chi connectivity index (χ2v) is 6.96. The number of carbonyl (C=O) groups excluding carboxylic acids is 3. The average Bonchev–Trinajstić information content (AvgIpc) is 2.44. The Morgan fingerprint density at radius 3 is 2.52 bits per heavy atom. The number of ether oxygens (including phenoxy) is 1. The van der Waals surface area contributed by atoms with Crippen LogP contribution < -0.4 is 10.6 Å². The highest BCUT2D eigenvalue weighted by Gasteiger charge is 2.32. The van der Waals surface area contributed by atoms with E-state index < -0.39 is 17.6 Å². The number of hydrogen-bond donors (Lipinski definition) is 2. The Hall–Kier alpha value is -1.63. The van der Waals surface area contributed by atoms with Crippen molar-refractivity contribution < 1.29 is 19.1 Å². The molecule has 132 valence electrons. The molecule has 0 spiro atoms. The molecule has 0 saturated carbocycles. The van der Waals surface area contributed by atoms with E-state index in [1.807, 2.05) is 25.7 Å².